The van der Waals surface area contributed by atoms with E-state index in [4.69, 9.17) is 0 Å². The number of halogens is 1. The third kappa shape index (κ3) is 3.07. The highest BCUT2D eigenvalue weighted by molar-refractivity contribution is 5.72. The molecule has 0 spiro atoms. The monoisotopic (exact) mass is 404 g/mol. The van der Waals surface area contributed by atoms with Crippen LogP contribution in [0.4, 0.5) is 4.39 Å². The van der Waals surface area contributed by atoms with E-state index in [1.807, 2.05) is 30.3 Å². The summed E-state index contributed by atoms with van der Waals surface area (Å²) in [6.45, 7) is 0.293. The summed E-state index contributed by atoms with van der Waals surface area (Å²) in [5.41, 5.74) is 1.37. The van der Waals surface area contributed by atoms with Crippen LogP contribution >= 0.6 is 0 Å². The number of para-hydroxylation sites is 1. The molecule has 1 saturated carbocycles. The Bertz CT molecular complexity index is 1330. The molecule has 0 bridgehead atoms. The normalized spacial score (nSPS) is 14.6. The Hall–Kier alpha value is -3.48. The van der Waals surface area contributed by atoms with Crippen molar-refractivity contribution in [3.8, 4) is 5.69 Å². The van der Waals surface area contributed by atoms with E-state index in [1.54, 1.807) is 23.0 Å². The SMILES string of the molecule is O=c1c2c(ncn2Cc2cccc(F)c2)n(-c2ccccc2)c(=O)n1C1CCCC1. The Morgan fingerprint density at radius 1 is 1.00 bits per heavy atom. The third-order valence-corrected chi connectivity index (χ3v) is 5.80. The highest BCUT2D eigenvalue weighted by atomic mass is 19.1. The van der Waals surface area contributed by atoms with Crippen molar-refractivity contribution < 1.29 is 4.39 Å². The van der Waals surface area contributed by atoms with Gasteiger partial charge in [-0.25, -0.2) is 18.7 Å². The molecule has 1 aliphatic carbocycles. The molecule has 1 aliphatic rings. The van der Waals surface area contributed by atoms with Crippen molar-refractivity contribution in [3.05, 3.63) is 93.1 Å². The van der Waals surface area contributed by atoms with E-state index in [2.05, 4.69) is 4.98 Å². The zero-order valence-electron chi connectivity index (χ0n) is 16.4. The van der Waals surface area contributed by atoms with Crippen molar-refractivity contribution >= 4 is 11.2 Å². The van der Waals surface area contributed by atoms with Crippen LogP contribution < -0.4 is 11.2 Å². The lowest BCUT2D eigenvalue weighted by Crippen LogP contribution is -2.41. The van der Waals surface area contributed by atoms with Crippen molar-refractivity contribution in [2.75, 3.05) is 0 Å². The molecule has 6 nitrogen and oxygen atoms in total. The van der Waals surface area contributed by atoms with Gasteiger partial charge < -0.3 is 4.57 Å². The zero-order valence-corrected chi connectivity index (χ0v) is 16.4. The van der Waals surface area contributed by atoms with E-state index in [0.29, 0.717) is 23.4 Å². The van der Waals surface area contributed by atoms with Crippen LogP contribution in [-0.4, -0.2) is 18.7 Å². The first-order chi connectivity index (χ1) is 14.6. The van der Waals surface area contributed by atoms with Crippen LogP contribution in [0.1, 0.15) is 37.3 Å². The minimum atomic E-state index is -0.360. The molecule has 0 atom stereocenters. The zero-order chi connectivity index (χ0) is 20.7. The van der Waals surface area contributed by atoms with Gasteiger partial charge in [-0.05, 0) is 42.7 Å². The number of rotatable bonds is 4. The van der Waals surface area contributed by atoms with Crippen LogP contribution in [0.25, 0.3) is 16.9 Å². The summed E-state index contributed by atoms with van der Waals surface area (Å²) in [4.78, 5) is 31.3. The van der Waals surface area contributed by atoms with Gasteiger partial charge in [0, 0.05) is 12.6 Å². The van der Waals surface area contributed by atoms with Gasteiger partial charge in [0.05, 0.1) is 12.0 Å². The minimum Gasteiger partial charge on any atom is -0.320 e. The van der Waals surface area contributed by atoms with Crippen molar-refractivity contribution in [1.29, 1.82) is 0 Å². The second-order valence-electron chi connectivity index (χ2n) is 7.74. The van der Waals surface area contributed by atoms with Gasteiger partial charge in [-0.1, -0.05) is 43.2 Å². The smallest absolute Gasteiger partial charge is 0.320 e. The highest BCUT2D eigenvalue weighted by Gasteiger charge is 2.26. The molecule has 30 heavy (non-hydrogen) atoms. The molecule has 0 amide bonds. The largest absolute Gasteiger partial charge is 0.337 e. The Kier molecular flexibility index (Phi) is 4.58. The van der Waals surface area contributed by atoms with Gasteiger partial charge in [0.25, 0.3) is 5.56 Å². The van der Waals surface area contributed by atoms with E-state index in [1.165, 1.54) is 21.3 Å². The predicted molar refractivity (Wildman–Crippen MR) is 113 cm³/mol. The first-order valence-electron chi connectivity index (χ1n) is 10.2. The summed E-state index contributed by atoms with van der Waals surface area (Å²) in [5.74, 6) is -0.332. The Morgan fingerprint density at radius 2 is 1.77 bits per heavy atom. The Labute approximate surface area is 171 Å². The molecule has 152 valence electrons. The maximum Gasteiger partial charge on any atom is 0.337 e. The minimum absolute atomic E-state index is 0.109. The number of fused-ring (bicyclic) bond motifs is 1. The van der Waals surface area contributed by atoms with E-state index in [0.717, 1.165) is 31.2 Å². The average Bonchev–Trinajstić information content (AvgIpc) is 3.40. The van der Waals surface area contributed by atoms with Crippen molar-refractivity contribution in [1.82, 2.24) is 18.7 Å². The summed E-state index contributed by atoms with van der Waals surface area (Å²) < 4.78 is 18.3. The molecule has 0 unspecified atom stereocenters. The molecule has 0 aliphatic heterocycles. The van der Waals surface area contributed by atoms with Crippen molar-refractivity contribution in [2.45, 2.75) is 38.3 Å². The molecule has 2 aromatic heterocycles. The van der Waals surface area contributed by atoms with Gasteiger partial charge >= 0.3 is 5.69 Å². The van der Waals surface area contributed by atoms with Crippen LogP contribution in [0.5, 0.6) is 0 Å². The summed E-state index contributed by atoms with van der Waals surface area (Å²) in [6, 6.07) is 15.4. The van der Waals surface area contributed by atoms with Crippen LogP contribution in [-0.2, 0) is 6.54 Å². The van der Waals surface area contributed by atoms with Crippen LogP contribution in [0.3, 0.4) is 0 Å². The number of imidazole rings is 1. The fourth-order valence-corrected chi connectivity index (χ4v) is 4.40. The molecule has 2 heterocycles. The van der Waals surface area contributed by atoms with Gasteiger partial charge in [-0.3, -0.25) is 9.36 Å². The number of hydrogen-bond acceptors (Lipinski definition) is 3. The lowest BCUT2D eigenvalue weighted by atomic mass is 10.2. The number of aromatic nitrogens is 4. The van der Waals surface area contributed by atoms with E-state index in [-0.39, 0.29) is 23.1 Å². The molecule has 5 rings (SSSR count). The van der Waals surface area contributed by atoms with Gasteiger partial charge in [0.15, 0.2) is 11.2 Å². The number of benzene rings is 2. The predicted octanol–water partition coefficient (Wildman–Crippen LogP) is 3.65. The Balaban J connectivity index is 1.78. The standard InChI is InChI=1S/C23H21FN4O2/c24-17-8-6-7-16(13-17)14-26-15-25-21-20(26)22(29)28(19-11-4-5-12-19)23(30)27(21)18-9-2-1-3-10-18/h1-3,6-10,13,15,19H,4-5,11-12,14H2. The molecular formula is C23H21FN4O2. The van der Waals surface area contributed by atoms with E-state index in [9.17, 15) is 14.0 Å². The van der Waals surface area contributed by atoms with Gasteiger partial charge in [-0.15, -0.1) is 0 Å². The second kappa shape index (κ2) is 7.40. The molecule has 0 radical (unpaired) electrons. The fraction of sp³-hybridized carbons (Fsp3) is 0.261. The third-order valence-electron chi connectivity index (χ3n) is 5.80. The lowest BCUT2D eigenvalue weighted by Gasteiger charge is -2.17. The van der Waals surface area contributed by atoms with Crippen molar-refractivity contribution in [2.24, 2.45) is 0 Å². The number of nitrogens with zero attached hydrogens (tertiary/aromatic N) is 4. The quantitative estimate of drug-likeness (QED) is 0.522. The first-order valence-corrected chi connectivity index (χ1v) is 10.2. The van der Waals surface area contributed by atoms with Crippen molar-refractivity contribution in [3.63, 3.8) is 0 Å². The maximum atomic E-state index is 13.7. The number of hydrogen-bond donors (Lipinski definition) is 0. The van der Waals surface area contributed by atoms with Crippen LogP contribution in [0.2, 0.25) is 0 Å². The summed E-state index contributed by atoms with van der Waals surface area (Å²) in [5, 5.41) is 0. The molecule has 4 aromatic rings. The fourth-order valence-electron chi connectivity index (χ4n) is 4.40. The van der Waals surface area contributed by atoms with Crippen LogP contribution in [0.15, 0.2) is 70.5 Å². The van der Waals surface area contributed by atoms with Gasteiger partial charge in [0.2, 0.25) is 0 Å². The molecular weight excluding hydrogens is 383 g/mol. The van der Waals surface area contributed by atoms with Gasteiger partial charge in [-0.2, -0.15) is 0 Å². The summed E-state index contributed by atoms with van der Waals surface area (Å²) in [7, 11) is 0. The van der Waals surface area contributed by atoms with E-state index >= 15 is 0 Å². The van der Waals surface area contributed by atoms with Gasteiger partial charge in [0.1, 0.15) is 5.82 Å². The molecule has 0 saturated heterocycles. The maximum absolute atomic E-state index is 13.7. The summed E-state index contributed by atoms with van der Waals surface area (Å²) >= 11 is 0. The molecule has 1 fully saturated rings. The second-order valence-corrected chi connectivity index (χ2v) is 7.74. The van der Waals surface area contributed by atoms with E-state index < -0.39 is 0 Å². The lowest BCUT2D eigenvalue weighted by molar-refractivity contribution is 0.474. The van der Waals surface area contributed by atoms with Crippen LogP contribution in [0, 0.1) is 5.82 Å². The molecule has 7 heteroatoms. The Morgan fingerprint density at radius 3 is 2.50 bits per heavy atom. The summed E-state index contributed by atoms with van der Waals surface area (Å²) in [6.07, 6.45) is 5.18. The topological polar surface area (TPSA) is 61.8 Å². The molecule has 0 N–H and O–H groups in total. The highest BCUT2D eigenvalue weighted by Crippen LogP contribution is 2.28. The molecule has 2 aromatic carbocycles. The first kappa shape index (κ1) is 18.5. The average molecular weight is 404 g/mol.